The first-order valence-electron chi connectivity index (χ1n) is 7.33. The van der Waals surface area contributed by atoms with Crippen molar-refractivity contribution in [2.75, 3.05) is 20.1 Å². The highest BCUT2D eigenvalue weighted by atomic mass is 15.2. The van der Waals surface area contributed by atoms with Crippen molar-refractivity contribution in [3.05, 3.63) is 0 Å². The summed E-state index contributed by atoms with van der Waals surface area (Å²) in [5, 5.41) is 3.58. The smallest absolute Gasteiger partial charge is 0.0249 e. The summed E-state index contributed by atoms with van der Waals surface area (Å²) in [4.78, 5) is 2.77. The SMILES string of the molecule is CNC1CCCCCCC1N1CCCCC1. The van der Waals surface area contributed by atoms with E-state index in [-0.39, 0.29) is 0 Å². The van der Waals surface area contributed by atoms with Crippen LogP contribution in [0.5, 0.6) is 0 Å². The van der Waals surface area contributed by atoms with Gasteiger partial charge in [-0.05, 0) is 45.8 Å². The van der Waals surface area contributed by atoms with Crippen LogP contribution in [0.1, 0.15) is 57.8 Å². The molecular weight excluding hydrogens is 196 g/mol. The van der Waals surface area contributed by atoms with Gasteiger partial charge in [-0.1, -0.05) is 32.1 Å². The molecule has 2 fully saturated rings. The first kappa shape index (κ1) is 12.4. The minimum atomic E-state index is 0.749. The van der Waals surface area contributed by atoms with E-state index in [0.29, 0.717) is 0 Å². The number of rotatable bonds is 2. The van der Waals surface area contributed by atoms with Crippen molar-refractivity contribution in [1.82, 2.24) is 10.2 Å². The first-order valence-corrected chi connectivity index (χ1v) is 7.33. The zero-order chi connectivity index (χ0) is 11.2. The van der Waals surface area contributed by atoms with Crippen molar-refractivity contribution in [3.63, 3.8) is 0 Å². The van der Waals surface area contributed by atoms with Gasteiger partial charge in [0, 0.05) is 12.1 Å². The van der Waals surface area contributed by atoms with Crippen molar-refractivity contribution >= 4 is 0 Å². The Morgan fingerprint density at radius 3 is 2.12 bits per heavy atom. The maximum absolute atomic E-state index is 3.58. The van der Waals surface area contributed by atoms with Crippen LogP contribution in [0.3, 0.4) is 0 Å². The predicted molar refractivity (Wildman–Crippen MR) is 69.8 cm³/mol. The fraction of sp³-hybridized carbons (Fsp3) is 1.00. The molecule has 1 aliphatic carbocycles. The van der Waals surface area contributed by atoms with Crippen LogP contribution in [0.15, 0.2) is 0 Å². The first-order chi connectivity index (χ1) is 7.92. The molecule has 0 aromatic rings. The van der Waals surface area contributed by atoms with Gasteiger partial charge < -0.3 is 5.32 Å². The molecule has 1 N–H and O–H groups in total. The van der Waals surface area contributed by atoms with Gasteiger partial charge >= 0.3 is 0 Å². The summed E-state index contributed by atoms with van der Waals surface area (Å²) < 4.78 is 0. The van der Waals surface area contributed by atoms with Crippen molar-refractivity contribution < 1.29 is 0 Å². The molecule has 1 saturated heterocycles. The Balaban J connectivity index is 1.94. The largest absolute Gasteiger partial charge is 0.315 e. The van der Waals surface area contributed by atoms with E-state index in [0.717, 1.165) is 12.1 Å². The molecule has 0 amide bonds. The van der Waals surface area contributed by atoms with Crippen LogP contribution in [0, 0.1) is 0 Å². The lowest BCUT2D eigenvalue weighted by atomic mass is 9.90. The van der Waals surface area contributed by atoms with Gasteiger partial charge in [0.25, 0.3) is 0 Å². The molecule has 1 aliphatic heterocycles. The summed E-state index contributed by atoms with van der Waals surface area (Å²) in [6, 6.07) is 1.57. The third kappa shape index (κ3) is 3.21. The summed E-state index contributed by atoms with van der Waals surface area (Å²) >= 11 is 0. The van der Waals surface area contributed by atoms with Crippen LogP contribution in [-0.4, -0.2) is 37.1 Å². The third-order valence-electron chi connectivity index (χ3n) is 4.46. The van der Waals surface area contributed by atoms with Gasteiger partial charge in [0.2, 0.25) is 0 Å². The van der Waals surface area contributed by atoms with Gasteiger partial charge in [-0.3, -0.25) is 4.90 Å². The molecule has 2 atom stereocenters. The molecule has 94 valence electrons. The number of nitrogens with one attached hydrogen (secondary N) is 1. The average Bonchev–Trinajstić information content (AvgIpc) is 2.30. The predicted octanol–water partition coefficient (Wildman–Crippen LogP) is 2.78. The second-order valence-electron chi connectivity index (χ2n) is 5.55. The van der Waals surface area contributed by atoms with Crippen molar-refractivity contribution in [1.29, 1.82) is 0 Å². The molecule has 1 saturated carbocycles. The lowest BCUT2D eigenvalue weighted by Gasteiger charge is -2.40. The van der Waals surface area contributed by atoms with E-state index in [1.165, 1.54) is 70.9 Å². The number of hydrogen-bond donors (Lipinski definition) is 1. The van der Waals surface area contributed by atoms with Gasteiger partial charge in [-0.25, -0.2) is 0 Å². The maximum atomic E-state index is 3.58. The van der Waals surface area contributed by atoms with Gasteiger partial charge in [-0.2, -0.15) is 0 Å². The summed E-state index contributed by atoms with van der Waals surface area (Å²) in [5.41, 5.74) is 0. The second-order valence-corrected chi connectivity index (χ2v) is 5.55. The van der Waals surface area contributed by atoms with E-state index in [1.54, 1.807) is 0 Å². The van der Waals surface area contributed by atoms with Crippen molar-refractivity contribution in [2.24, 2.45) is 0 Å². The summed E-state index contributed by atoms with van der Waals surface area (Å²) in [6.45, 7) is 2.70. The lowest BCUT2D eigenvalue weighted by Crippen LogP contribution is -2.51. The van der Waals surface area contributed by atoms with E-state index in [4.69, 9.17) is 0 Å². The Morgan fingerprint density at radius 2 is 1.44 bits per heavy atom. The van der Waals surface area contributed by atoms with Crippen molar-refractivity contribution in [3.8, 4) is 0 Å². The molecule has 1 heterocycles. The lowest BCUT2D eigenvalue weighted by molar-refractivity contribution is 0.114. The fourth-order valence-electron chi connectivity index (χ4n) is 3.49. The molecule has 0 aromatic carbocycles. The second kappa shape index (κ2) is 6.61. The quantitative estimate of drug-likeness (QED) is 0.776. The van der Waals surface area contributed by atoms with E-state index in [9.17, 15) is 0 Å². The molecule has 2 heteroatoms. The Labute approximate surface area is 101 Å². The summed E-state index contributed by atoms with van der Waals surface area (Å²) in [5.74, 6) is 0. The number of likely N-dealkylation sites (tertiary alicyclic amines) is 1. The number of hydrogen-bond acceptors (Lipinski definition) is 2. The van der Waals surface area contributed by atoms with E-state index in [1.807, 2.05) is 0 Å². The number of nitrogens with zero attached hydrogens (tertiary/aromatic N) is 1. The van der Waals surface area contributed by atoms with E-state index >= 15 is 0 Å². The van der Waals surface area contributed by atoms with Crippen LogP contribution in [-0.2, 0) is 0 Å². The molecule has 2 rings (SSSR count). The molecule has 16 heavy (non-hydrogen) atoms. The molecule has 2 nitrogen and oxygen atoms in total. The monoisotopic (exact) mass is 224 g/mol. The van der Waals surface area contributed by atoms with E-state index in [2.05, 4.69) is 17.3 Å². The fourth-order valence-corrected chi connectivity index (χ4v) is 3.49. The Hall–Kier alpha value is -0.0800. The molecule has 0 spiro atoms. The van der Waals surface area contributed by atoms with Gasteiger partial charge in [0.1, 0.15) is 0 Å². The molecule has 2 unspecified atom stereocenters. The average molecular weight is 224 g/mol. The molecule has 0 aromatic heterocycles. The van der Waals surface area contributed by atoms with Gasteiger partial charge in [0.05, 0.1) is 0 Å². The van der Waals surface area contributed by atoms with Gasteiger partial charge in [0.15, 0.2) is 0 Å². The minimum Gasteiger partial charge on any atom is -0.315 e. The zero-order valence-corrected chi connectivity index (χ0v) is 10.9. The highest BCUT2D eigenvalue weighted by molar-refractivity contribution is 4.86. The topological polar surface area (TPSA) is 15.3 Å². The number of piperidine rings is 1. The van der Waals surface area contributed by atoms with Crippen molar-refractivity contribution in [2.45, 2.75) is 69.9 Å². The van der Waals surface area contributed by atoms with Crippen LogP contribution in [0.4, 0.5) is 0 Å². The van der Waals surface area contributed by atoms with Crippen LogP contribution < -0.4 is 5.32 Å². The zero-order valence-electron chi connectivity index (χ0n) is 10.9. The van der Waals surface area contributed by atoms with Crippen LogP contribution in [0.2, 0.25) is 0 Å². The Bertz CT molecular complexity index is 185. The Morgan fingerprint density at radius 1 is 0.812 bits per heavy atom. The third-order valence-corrected chi connectivity index (χ3v) is 4.46. The standard InChI is InChI=1S/C14H28N2/c1-15-13-9-5-2-3-6-10-14(13)16-11-7-4-8-12-16/h13-15H,2-12H2,1H3. The summed E-state index contributed by atoms with van der Waals surface area (Å²) in [6.07, 6.45) is 12.9. The molecule has 0 radical (unpaired) electrons. The number of likely N-dealkylation sites (N-methyl/N-ethyl adjacent to an activating group) is 1. The van der Waals surface area contributed by atoms with Gasteiger partial charge in [-0.15, -0.1) is 0 Å². The normalized spacial score (nSPS) is 34.3. The summed E-state index contributed by atoms with van der Waals surface area (Å²) in [7, 11) is 2.16. The van der Waals surface area contributed by atoms with Crippen LogP contribution >= 0.6 is 0 Å². The van der Waals surface area contributed by atoms with Crippen LogP contribution in [0.25, 0.3) is 0 Å². The highest BCUT2D eigenvalue weighted by Crippen LogP contribution is 2.24. The minimum absolute atomic E-state index is 0.749. The Kier molecular flexibility index (Phi) is 5.11. The van der Waals surface area contributed by atoms with E-state index < -0.39 is 0 Å². The molecule has 2 aliphatic rings. The maximum Gasteiger partial charge on any atom is 0.0249 e. The molecular formula is C14H28N2. The highest BCUT2D eigenvalue weighted by Gasteiger charge is 2.27. The molecule has 0 bridgehead atoms.